The molecule has 0 spiro atoms. The number of nitro groups is 1. The number of carbonyl (C=O) groups excluding carboxylic acids is 1. The fraction of sp³-hybridized carbons (Fsp3) is 0.152. The Morgan fingerprint density at radius 1 is 0.825 bits per heavy atom. The first kappa shape index (κ1) is 26.6. The zero-order chi connectivity index (χ0) is 28.1. The van der Waals surface area contributed by atoms with Crippen LogP contribution in [0.15, 0.2) is 109 Å². The fourth-order valence-electron chi connectivity index (χ4n) is 4.61. The number of carbonyl (C=O) groups is 1. The molecule has 200 valence electrons. The Labute approximate surface area is 233 Å². The number of nitro benzene ring substituents is 1. The van der Waals surface area contributed by atoms with Crippen molar-refractivity contribution in [1.29, 1.82) is 0 Å². The average molecular weight is 531 g/mol. The predicted molar refractivity (Wildman–Crippen MR) is 156 cm³/mol. The summed E-state index contributed by atoms with van der Waals surface area (Å²) in [6.45, 7) is 5.06. The van der Waals surface area contributed by atoms with Crippen LogP contribution in [0.2, 0.25) is 0 Å². The van der Waals surface area contributed by atoms with Crippen LogP contribution in [0.4, 0.5) is 5.69 Å². The second-order valence-electron chi connectivity index (χ2n) is 9.85. The Kier molecular flexibility index (Phi) is 7.82. The van der Waals surface area contributed by atoms with Crippen LogP contribution in [0.25, 0.3) is 16.9 Å². The molecule has 5 aromatic rings. The van der Waals surface area contributed by atoms with Gasteiger partial charge in [-0.05, 0) is 66.8 Å². The summed E-state index contributed by atoms with van der Waals surface area (Å²) >= 11 is 0. The number of aromatic nitrogens is 2. The molecule has 0 aliphatic rings. The van der Waals surface area contributed by atoms with E-state index in [4.69, 9.17) is 5.10 Å². The van der Waals surface area contributed by atoms with Gasteiger partial charge in [0.05, 0.1) is 16.3 Å². The summed E-state index contributed by atoms with van der Waals surface area (Å²) < 4.78 is 1.59. The average Bonchev–Trinajstić information content (AvgIpc) is 3.43. The molecule has 0 saturated carbocycles. The Balaban J connectivity index is 1.56. The number of non-ortho nitro benzene ring substituents is 1. The van der Waals surface area contributed by atoms with Gasteiger partial charge in [-0.3, -0.25) is 14.9 Å². The largest absolute Gasteiger partial charge is 0.333 e. The number of hydrogen-bond acceptors (Lipinski definition) is 4. The van der Waals surface area contributed by atoms with Crippen molar-refractivity contribution >= 4 is 11.6 Å². The normalized spacial score (nSPS) is 10.8. The molecular formula is C33H30N4O3. The lowest BCUT2D eigenvalue weighted by atomic mass is 10.0. The van der Waals surface area contributed by atoms with Gasteiger partial charge in [-0.1, -0.05) is 72.8 Å². The zero-order valence-electron chi connectivity index (χ0n) is 22.5. The molecular weight excluding hydrogens is 500 g/mol. The third-order valence-corrected chi connectivity index (χ3v) is 7.05. The first-order chi connectivity index (χ1) is 19.4. The molecule has 40 heavy (non-hydrogen) atoms. The van der Waals surface area contributed by atoms with Crippen molar-refractivity contribution in [3.8, 4) is 16.9 Å². The zero-order valence-corrected chi connectivity index (χ0v) is 22.5. The van der Waals surface area contributed by atoms with Gasteiger partial charge in [0.25, 0.3) is 11.6 Å². The summed E-state index contributed by atoms with van der Waals surface area (Å²) in [5.74, 6) is -0.166. The molecule has 0 N–H and O–H groups in total. The van der Waals surface area contributed by atoms with E-state index >= 15 is 0 Å². The van der Waals surface area contributed by atoms with Gasteiger partial charge >= 0.3 is 0 Å². The monoisotopic (exact) mass is 530 g/mol. The number of nitrogens with zero attached hydrogens (tertiary/aromatic N) is 4. The molecule has 7 nitrogen and oxygen atoms in total. The molecule has 5 rings (SSSR count). The van der Waals surface area contributed by atoms with Gasteiger partial charge in [0, 0.05) is 30.8 Å². The molecule has 0 saturated heterocycles. The van der Waals surface area contributed by atoms with E-state index in [1.165, 1.54) is 17.7 Å². The lowest BCUT2D eigenvalue weighted by Crippen LogP contribution is -2.34. The van der Waals surface area contributed by atoms with Crippen LogP contribution in [0.5, 0.6) is 0 Å². The van der Waals surface area contributed by atoms with Crippen LogP contribution in [0.1, 0.15) is 32.7 Å². The Bertz CT molecular complexity index is 1630. The minimum absolute atomic E-state index is 0.0215. The van der Waals surface area contributed by atoms with Crippen molar-refractivity contribution < 1.29 is 9.72 Å². The minimum atomic E-state index is -0.440. The van der Waals surface area contributed by atoms with E-state index in [-0.39, 0.29) is 11.6 Å². The van der Waals surface area contributed by atoms with E-state index in [0.29, 0.717) is 36.6 Å². The fourth-order valence-corrected chi connectivity index (χ4v) is 4.61. The van der Waals surface area contributed by atoms with Gasteiger partial charge in [-0.2, -0.15) is 5.10 Å². The molecule has 0 radical (unpaired) electrons. The molecule has 0 aliphatic carbocycles. The number of rotatable bonds is 9. The minimum Gasteiger partial charge on any atom is -0.333 e. The summed E-state index contributed by atoms with van der Waals surface area (Å²) in [5, 5.41) is 16.1. The second kappa shape index (κ2) is 11.8. The van der Waals surface area contributed by atoms with Crippen LogP contribution >= 0.6 is 0 Å². The Morgan fingerprint density at radius 3 is 2.10 bits per heavy atom. The summed E-state index contributed by atoms with van der Waals surface area (Å²) in [6, 6.07) is 34.0. The van der Waals surface area contributed by atoms with Crippen molar-refractivity contribution in [2.45, 2.75) is 26.8 Å². The van der Waals surface area contributed by atoms with Crippen LogP contribution in [-0.2, 0) is 13.0 Å². The highest BCUT2D eigenvalue weighted by Gasteiger charge is 2.24. The van der Waals surface area contributed by atoms with Gasteiger partial charge in [-0.25, -0.2) is 4.68 Å². The predicted octanol–water partition coefficient (Wildman–Crippen LogP) is 6.95. The number of hydrogen-bond donors (Lipinski definition) is 0. The maximum absolute atomic E-state index is 14.3. The molecule has 0 aliphatic heterocycles. The third kappa shape index (κ3) is 5.99. The van der Waals surface area contributed by atoms with Crippen molar-refractivity contribution in [1.82, 2.24) is 14.7 Å². The summed E-state index contributed by atoms with van der Waals surface area (Å²) in [7, 11) is 0. The van der Waals surface area contributed by atoms with Crippen molar-refractivity contribution in [2.75, 3.05) is 6.54 Å². The van der Waals surface area contributed by atoms with Gasteiger partial charge < -0.3 is 4.90 Å². The highest BCUT2D eigenvalue weighted by molar-refractivity contribution is 5.94. The number of amides is 1. The van der Waals surface area contributed by atoms with E-state index in [1.54, 1.807) is 16.8 Å². The molecule has 1 aromatic heterocycles. The van der Waals surface area contributed by atoms with Crippen LogP contribution in [0.3, 0.4) is 0 Å². The topological polar surface area (TPSA) is 81.3 Å². The molecule has 7 heteroatoms. The highest BCUT2D eigenvalue weighted by Crippen LogP contribution is 2.26. The highest BCUT2D eigenvalue weighted by atomic mass is 16.6. The Hall–Kier alpha value is -5.04. The van der Waals surface area contributed by atoms with Gasteiger partial charge in [0.1, 0.15) is 5.69 Å². The standard InChI is InChI=1S/C33H30N4O3/c1-24-13-14-28(21-25(24)2)31-22-32(36(34-31)29-15-17-30(18-16-29)37(39)40)33(38)35(23-27-11-7-4-8-12-27)20-19-26-9-5-3-6-10-26/h3-18,21-22H,19-20,23H2,1-2H3. The molecule has 0 atom stereocenters. The smallest absolute Gasteiger partial charge is 0.272 e. The molecule has 1 amide bonds. The first-order valence-electron chi connectivity index (χ1n) is 13.2. The van der Waals surface area contributed by atoms with Crippen LogP contribution < -0.4 is 0 Å². The summed E-state index contributed by atoms with van der Waals surface area (Å²) in [5.41, 5.74) is 6.98. The van der Waals surface area contributed by atoms with E-state index < -0.39 is 4.92 Å². The van der Waals surface area contributed by atoms with Crippen molar-refractivity contribution in [3.63, 3.8) is 0 Å². The molecule has 1 heterocycles. The van der Waals surface area contributed by atoms with Gasteiger partial charge in [0.15, 0.2) is 0 Å². The summed E-state index contributed by atoms with van der Waals surface area (Å²) in [4.78, 5) is 26.9. The molecule has 0 bridgehead atoms. The van der Waals surface area contributed by atoms with E-state index in [0.717, 1.165) is 22.3 Å². The maximum atomic E-state index is 14.3. The van der Waals surface area contributed by atoms with E-state index in [1.807, 2.05) is 78.6 Å². The van der Waals surface area contributed by atoms with Crippen molar-refractivity contribution in [2.24, 2.45) is 0 Å². The molecule has 4 aromatic carbocycles. The van der Waals surface area contributed by atoms with Crippen LogP contribution in [-0.4, -0.2) is 32.1 Å². The third-order valence-electron chi connectivity index (χ3n) is 7.05. The first-order valence-corrected chi connectivity index (χ1v) is 13.2. The Morgan fingerprint density at radius 2 is 1.48 bits per heavy atom. The van der Waals surface area contributed by atoms with E-state index in [9.17, 15) is 14.9 Å². The lowest BCUT2D eigenvalue weighted by molar-refractivity contribution is -0.384. The van der Waals surface area contributed by atoms with Gasteiger partial charge in [0.2, 0.25) is 0 Å². The maximum Gasteiger partial charge on any atom is 0.272 e. The number of benzene rings is 4. The van der Waals surface area contributed by atoms with E-state index in [2.05, 4.69) is 25.1 Å². The molecule has 0 fully saturated rings. The lowest BCUT2D eigenvalue weighted by Gasteiger charge is -2.23. The quantitative estimate of drug-likeness (QED) is 0.153. The SMILES string of the molecule is Cc1ccc(-c2cc(C(=O)N(CCc3ccccc3)Cc3ccccc3)n(-c3ccc([N+](=O)[O-])cc3)n2)cc1C. The second-order valence-corrected chi connectivity index (χ2v) is 9.85. The number of aryl methyl sites for hydroxylation is 2. The van der Waals surface area contributed by atoms with Crippen LogP contribution in [0, 0.1) is 24.0 Å². The van der Waals surface area contributed by atoms with Crippen molar-refractivity contribution in [3.05, 3.63) is 147 Å². The summed E-state index contributed by atoms with van der Waals surface area (Å²) in [6.07, 6.45) is 0.703. The molecule has 0 unspecified atom stereocenters. The van der Waals surface area contributed by atoms with Gasteiger partial charge in [-0.15, -0.1) is 0 Å².